The summed E-state index contributed by atoms with van der Waals surface area (Å²) in [6.07, 6.45) is 17.1. The average Bonchev–Trinajstić information content (AvgIpc) is 3.39. The van der Waals surface area contributed by atoms with Crippen LogP contribution in [0.5, 0.6) is 0 Å². The van der Waals surface area contributed by atoms with Gasteiger partial charge in [-0.2, -0.15) is 0 Å². The third-order valence-electron chi connectivity index (χ3n) is 8.92. The molecule has 0 aromatic heterocycles. The smallest absolute Gasteiger partial charge is 0.113 e. The number of nitrogens with zero attached hydrogens (tertiary/aromatic N) is 2. The van der Waals surface area contributed by atoms with Gasteiger partial charge < -0.3 is 22.6 Å². The van der Waals surface area contributed by atoms with Crippen molar-refractivity contribution in [2.24, 2.45) is 0 Å². The van der Waals surface area contributed by atoms with Crippen molar-refractivity contribution in [2.75, 3.05) is 41.3 Å². The molecule has 46 heavy (non-hydrogen) atoms. The first kappa shape index (κ1) is 40.0. The van der Waals surface area contributed by atoms with Crippen LogP contribution in [0.25, 0.3) is 22.3 Å². The molecule has 2 aliphatic heterocycles. The van der Waals surface area contributed by atoms with Crippen molar-refractivity contribution in [3.63, 3.8) is 0 Å². The normalized spacial score (nSPS) is 13.5. The van der Waals surface area contributed by atoms with E-state index >= 15 is 0 Å². The van der Waals surface area contributed by atoms with Crippen LogP contribution >= 0.6 is 0 Å². The predicted octanol–water partition coefficient (Wildman–Crippen LogP) is 5.74. The minimum atomic E-state index is -1.51. The molecule has 2 radical (unpaired) electrons. The average molecular weight is 1000 g/mol. The molecule has 0 aliphatic carbocycles. The second-order valence-corrected chi connectivity index (χ2v) is 22.1. The molecule has 0 N–H and O–H groups in total. The summed E-state index contributed by atoms with van der Waals surface area (Å²) in [4.78, 5) is 4.46. The number of hydrogen-bond acceptors (Lipinski definition) is 2. The summed E-state index contributed by atoms with van der Waals surface area (Å²) in [5.41, 5.74) is 7.08. The first-order valence-electron chi connectivity index (χ1n) is 15.6. The van der Waals surface area contributed by atoms with E-state index in [1.165, 1.54) is 68.9 Å². The number of fused-ring (bicyclic) bond motifs is 6. The molecule has 4 aromatic rings. The maximum Gasteiger partial charge on any atom is 0.113 e. The van der Waals surface area contributed by atoms with Gasteiger partial charge in [0, 0.05) is 44.8 Å². The maximum absolute atomic E-state index is 7.25. The van der Waals surface area contributed by atoms with Crippen LogP contribution in [-0.2, 0) is 44.8 Å². The van der Waals surface area contributed by atoms with E-state index in [0.717, 1.165) is 11.1 Å². The number of rotatable bonds is 5. The number of unbranched alkanes of at least 4 members (excludes halogenated alkanes) is 1. The van der Waals surface area contributed by atoms with Crippen LogP contribution < -0.4 is 20.7 Å². The van der Waals surface area contributed by atoms with Gasteiger partial charge in [0.2, 0.25) is 0 Å². The summed E-state index contributed by atoms with van der Waals surface area (Å²) in [7, 11) is 5.47. The Hall–Kier alpha value is -2.17. The van der Waals surface area contributed by atoms with Gasteiger partial charge in [-0.05, 0) is 97.1 Å². The molecular formula is C40H46Au2N2Si2-2. The standard InChI is InChI=1S/2C16H13Si.C8H20N2.2Au/c2*1-4-12-9-10-16-14(11-12)13-7-5-6-8-15(13)17(16,2)3;1-9(2)7-5-6-8-10(3)4;;/h2*5-11H,2-3H3;5-8H2,1-4H3;;/q2*-1;;;. The van der Waals surface area contributed by atoms with Gasteiger partial charge >= 0.3 is 0 Å². The molecule has 0 saturated heterocycles. The Labute approximate surface area is 312 Å². The molecule has 0 bridgehead atoms. The summed E-state index contributed by atoms with van der Waals surface area (Å²) in [5.74, 6) is 4.96. The molecule has 4 aromatic carbocycles. The molecule has 0 saturated carbocycles. The summed E-state index contributed by atoms with van der Waals surface area (Å²) < 4.78 is 0. The second-order valence-electron chi connectivity index (χ2n) is 13.4. The van der Waals surface area contributed by atoms with Crippen molar-refractivity contribution in [1.29, 1.82) is 0 Å². The molecule has 2 aliphatic rings. The monoisotopic (exact) mass is 1000 g/mol. The summed E-state index contributed by atoms with van der Waals surface area (Å²) in [5, 5.41) is 5.99. The van der Waals surface area contributed by atoms with Crippen molar-refractivity contribution >= 4 is 36.9 Å². The summed E-state index contributed by atoms with van der Waals surface area (Å²) in [6.45, 7) is 12.0. The molecule has 2 heterocycles. The summed E-state index contributed by atoms with van der Waals surface area (Å²) >= 11 is 0. The quantitative estimate of drug-likeness (QED) is 0.109. The van der Waals surface area contributed by atoms with Crippen LogP contribution in [0.1, 0.15) is 24.0 Å². The zero-order valence-electron chi connectivity index (χ0n) is 28.4. The topological polar surface area (TPSA) is 6.48 Å². The first-order chi connectivity index (χ1) is 20.9. The Morgan fingerprint density at radius 3 is 1.15 bits per heavy atom. The van der Waals surface area contributed by atoms with Gasteiger partial charge in [-0.1, -0.05) is 86.9 Å². The minimum Gasteiger partial charge on any atom is -0.366 e. The largest absolute Gasteiger partial charge is 0.366 e. The SMILES string of the molecule is CN(C)CCCCN(C)C.[Au].[Au].[C-]#Cc1ccc2c(c1)-c1ccccc1[Si]2(C)C.[C-]#Cc1ccc2c(c1)-c1ccccc1[Si]2(C)C. The van der Waals surface area contributed by atoms with Crippen molar-refractivity contribution in [1.82, 2.24) is 9.80 Å². The molecule has 0 amide bonds. The van der Waals surface area contributed by atoms with E-state index in [0.29, 0.717) is 0 Å². The number of hydrogen-bond donors (Lipinski definition) is 0. The molecule has 2 nitrogen and oxygen atoms in total. The van der Waals surface area contributed by atoms with Crippen molar-refractivity contribution < 1.29 is 44.8 Å². The second kappa shape index (κ2) is 17.3. The Bertz CT molecular complexity index is 1580. The van der Waals surface area contributed by atoms with E-state index in [-0.39, 0.29) is 44.8 Å². The van der Waals surface area contributed by atoms with E-state index < -0.39 is 16.1 Å². The van der Waals surface area contributed by atoms with Gasteiger partial charge in [0.05, 0.1) is 0 Å². The summed E-state index contributed by atoms with van der Waals surface area (Å²) in [6, 6.07) is 30.0. The molecule has 248 valence electrons. The Kier molecular flexibility index (Phi) is 15.0. The van der Waals surface area contributed by atoms with E-state index in [4.69, 9.17) is 12.8 Å². The van der Waals surface area contributed by atoms with E-state index in [1.807, 2.05) is 12.1 Å². The zero-order chi connectivity index (χ0) is 32.1. The Balaban J connectivity index is 0.000000244. The van der Waals surface area contributed by atoms with E-state index in [9.17, 15) is 0 Å². The molecule has 0 spiro atoms. The Morgan fingerprint density at radius 1 is 0.500 bits per heavy atom. The van der Waals surface area contributed by atoms with Gasteiger partial charge in [0.25, 0.3) is 0 Å². The van der Waals surface area contributed by atoms with E-state index in [2.05, 4.69) is 149 Å². The van der Waals surface area contributed by atoms with Gasteiger partial charge in [-0.3, -0.25) is 11.8 Å². The number of benzene rings is 4. The fourth-order valence-corrected chi connectivity index (χ4v) is 12.6. The van der Waals surface area contributed by atoms with Gasteiger partial charge in [-0.25, -0.2) is 0 Å². The fraction of sp³-hybridized carbons (Fsp3) is 0.300. The molecule has 0 unspecified atom stereocenters. The van der Waals surface area contributed by atoms with Crippen LogP contribution in [0, 0.1) is 24.7 Å². The fourth-order valence-electron chi connectivity index (χ4n) is 6.45. The van der Waals surface area contributed by atoms with Crippen molar-refractivity contribution in [3.8, 4) is 34.1 Å². The molecular weight excluding hydrogens is 959 g/mol. The predicted molar refractivity (Wildman–Crippen MR) is 196 cm³/mol. The van der Waals surface area contributed by atoms with Crippen LogP contribution in [-0.4, -0.2) is 67.2 Å². The van der Waals surface area contributed by atoms with Gasteiger partial charge in [0.1, 0.15) is 16.1 Å². The van der Waals surface area contributed by atoms with Crippen LogP contribution in [0.2, 0.25) is 26.2 Å². The van der Waals surface area contributed by atoms with Crippen LogP contribution in [0.15, 0.2) is 84.9 Å². The minimum absolute atomic E-state index is 0. The molecule has 6 heteroatoms. The maximum atomic E-state index is 7.25. The first-order valence-corrected chi connectivity index (χ1v) is 21.6. The van der Waals surface area contributed by atoms with Crippen molar-refractivity contribution in [2.45, 2.75) is 39.0 Å². The van der Waals surface area contributed by atoms with Gasteiger partial charge in [-0.15, -0.1) is 35.4 Å². The molecule has 0 fully saturated rings. The van der Waals surface area contributed by atoms with Gasteiger partial charge in [0.15, 0.2) is 0 Å². The molecule has 6 rings (SSSR count). The van der Waals surface area contributed by atoms with E-state index in [1.54, 1.807) is 0 Å². The Morgan fingerprint density at radius 2 is 0.826 bits per heavy atom. The van der Waals surface area contributed by atoms with Crippen molar-refractivity contribution in [3.05, 3.63) is 109 Å². The third-order valence-corrected chi connectivity index (χ3v) is 16.0. The zero-order valence-corrected chi connectivity index (χ0v) is 34.7. The molecule has 0 atom stereocenters. The van der Waals surface area contributed by atoms with Crippen LogP contribution in [0.3, 0.4) is 0 Å². The van der Waals surface area contributed by atoms with Crippen LogP contribution in [0.4, 0.5) is 0 Å². The third kappa shape index (κ3) is 8.84.